The molecule has 3 N–H and O–H groups in total. The van der Waals surface area contributed by atoms with E-state index in [1.54, 1.807) is 0 Å². The average Bonchev–Trinajstić information content (AvgIpc) is 2.69. The first kappa shape index (κ1) is 14.3. The molecule has 0 aromatic rings. The van der Waals surface area contributed by atoms with Gasteiger partial charge in [0.2, 0.25) is 0 Å². The van der Waals surface area contributed by atoms with Crippen LogP contribution in [0, 0.1) is 5.41 Å². The molecule has 2 heteroatoms. The van der Waals surface area contributed by atoms with Crippen molar-refractivity contribution in [3.63, 3.8) is 0 Å². The SMILES string of the molecule is NCC1(CCNC2CCCCCC2)CCCCC1. The summed E-state index contributed by atoms with van der Waals surface area (Å²) in [5.41, 5.74) is 6.54. The van der Waals surface area contributed by atoms with Gasteiger partial charge in [0.15, 0.2) is 0 Å². The van der Waals surface area contributed by atoms with Gasteiger partial charge in [0.1, 0.15) is 0 Å². The Kier molecular flexibility index (Phi) is 5.97. The van der Waals surface area contributed by atoms with Crippen LogP contribution in [-0.4, -0.2) is 19.1 Å². The Morgan fingerprint density at radius 2 is 1.50 bits per heavy atom. The molecule has 2 aliphatic rings. The van der Waals surface area contributed by atoms with Crippen molar-refractivity contribution in [1.29, 1.82) is 0 Å². The van der Waals surface area contributed by atoms with E-state index in [-0.39, 0.29) is 0 Å². The monoisotopic (exact) mass is 252 g/mol. The van der Waals surface area contributed by atoms with Crippen molar-refractivity contribution >= 4 is 0 Å². The summed E-state index contributed by atoms with van der Waals surface area (Å²) in [4.78, 5) is 0. The second kappa shape index (κ2) is 7.49. The molecule has 18 heavy (non-hydrogen) atoms. The van der Waals surface area contributed by atoms with Crippen LogP contribution in [-0.2, 0) is 0 Å². The molecule has 0 bridgehead atoms. The van der Waals surface area contributed by atoms with Crippen molar-refractivity contribution in [2.75, 3.05) is 13.1 Å². The standard InChI is InChI=1S/C16H32N2/c17-14-16(10-6-3-7-11-16)12-13-18-15-8-4-1-2-5-9-15/h15,18H,1-14,17H2. The first-order chi connectivity index (χ1) is 8.85. The molecule has 0 radical (unpaired) electrons. The summed E-state index contributed by atoms with van der Waals surface area (Å²) in [5, 5.41) is 3.81. The van der Waals surface area contributed by atoms with E-state index in [2.05, 4.69) is 5.32 Å². The summed E-state index contributed by atoms with van der Waals surface area (Å²) in [6.45, 7) is 2.10. The Labute approximate surface area is 113 Å². The van der Waals surface area contributed by atoms with E-state index >= 15 is 0 Å². The molecule has 0 unspecified atom stereocenters. The van der Waals surface area contributed by atoms with Gasteiger partial charge in [-0.3, -0.25) is 0 Å². The van der Waals surface area contributed by atoms with Gasteiger partial charge in [0.25, 0.3) is 0 Å². The van der Waals surface area contributed by atoms with Crippen LogP contribution in [0.15, 0.2) is 0 Å². The first-order valence-electron chi connectivity index (χ1n) is 8.28. The number of hydrogen-bond acceptors (Lipinski definition) is 2. The Morgan fingerprint density at radius 1 is 0.889 bits per heavy atom. The van der Waals surface area contributed by atoms with Gasteiger partial charge >= 0.3 is 0 Å². The number of nitrogens with two attached hydrogens (primary N) is 1. The fraction of sp³-hybridized carbons (Fsp3) is 1.00. The highest BCUT2D eigenvalue weighted by Gasteiger charge is 2.30. The Bertz CT molecular complexity index is 213. The third-order valence-corrected chi connectivity index (χ3v) is 5.29. The van der Waals surface area contributed by atoms with Crippen molar-refractivity contribution in [3.8, 4) is 0 Å². The summed E-state index contributed by atoms with van der Waals surface area (Å²) in [6.07, 6.45) is 16.8. The van der Waals surface area contributed by atoms with E-state index in [9.17, 15) is 0 Å². The van der Waals surface area contributed by atoms with Crippen LogP contribution in [0.1, 0.15) is 77.0 Å². The molecule has 0 atom stereocenters. The van der Waals surface area contributed by atoms with Crippen LogP contribution >= 0.6 is 0 Å². The molecule has 0 spiro atoms. The fourth-order valence-corrected chi connectivity index (χ4v) is 3.88. The minimum Gasteiger partial charge on any atom is -0.330 e. The zero-order valence-electron chi connectivity index (χ0n) is 12.1. The molecule has 2 aliphatic carbocycles. The maximum absolute atomic E-state index is 6.05. The lowest BCUT2D eigenvalue weighted by molar-refractivity contribution is 0.178. The summed E-state index contributed by atoms with van der Waals surface area (Å²) in [5.74, 6) is 0. The minimum atomic E-state index is 0.482. The molecule has 0 aromatic carbocycles. The molecule has 0 heterocycles. The van der Waals surface area contributed by atoms with E-state index < -0.39 is 0 Å². The van der Waals surface area contributed by atoms with Gasteiger partial charge in [0, 0.05) is 6.04 Å². The molecule has 2 nitrogen and oxygen atoms in total. The second-order valence-electron chi connectivity index (χ2n) is 6.66. The summed E-state index contributed by atoms with van der Waals surface area (Å²) < 4.78 is 0. The minimum absolute atomic E-state index is 0.482. The summed E-state index contributed by atoms with van der Waals surface area (Å²) in [6, 6.07) is 0.797. The molecular formula is C16H32N2. The van der Waals surface area contributed by atoms with E-state index in [4.69, 9.17) is 5.73 Å². The fourth-order valence-electron chi connectivity index (χ4n) is 3.88. The van der Waals surface area contributed by atoms with Crippen molar-refractivity contribution in [2.45, 2.75) is 83.1 Å². The highest BCUT2D eigenvalue weighted by Crippen LogP contribution is 2.38. The van der Waals surface area contributed by atoms with E-state index in [1.807, 2.05) is 0 Å². The molecule has 2 saturated carbocycles. The van der Waals surface area contributed by atoms with Crippen molar-refractivity contribution in [1.82, 2.24) is 5.32 Å². The Morgan fingerprint density at radius 3 is 2.11 bits per heavy atom. The topological polar surface area (TPSA) is 38.0 Å². The zero-order chi connectivity index (χ0) is 12.7. The molecule has 0 amide bonds. The van der Waals surface area contributed by atoms with Gasteiger partial charge in [-0.2, -0.15) is 0 Å². The van der Waals surface area contributed by atoms with E-state index in [0.717, 1.165) is 12.6 Å². The lowest BCUT2D eigenvalue weighted by Gasteiger charge is -2.36. The van der Waals surface area contributed by atoms with Crippen LogP contribution in [0.5, 0.6) is 0 Å². The molecule has 0 saturated heterocycles. The van der Waals surface area contributed by atoms with Crippen molar-refractivity contribution in [2.24, 2.45) is 11.1 Å². The highest BCUT2D eigenvalue weighted by atomic mass is 14.9. The van der Waals surface area contributed by atoms with Crippen molar-refractivity contribution in [3.05, 3.63) is 0 Å². The third-order valence-electron chi connectivity index (χ3n) is 5.29. The van der Waals surface area contributed by atoms with Gasteiger partial charge < -0.3 is 11.1 Å². The first-order valence-corrected chi connectivity index (χ1v) is 8.28. The lowest BCUT2D eigenvalue weighted by Crippen LogP contribution is -2.38. The van der Waals surface area contributed by atoms with E-state index in [0.29, 0.717) is 5.41 Å². The molecule has 2 rings (SSSR count). The van der Waals surface area contributed by atoms with Crippen LogP contribution in [0.25, 0.3) is 0 Å². The molecule has 2 fully saturated rings. The van der Waals surface area contributed by atoms with Gasteiger partial charge in [-0.25, -0.2) is 0 Å². The maximum atomic E-state index is 6.05. The maximum Gasteiger partial charge on any atom is 0.00670 e. The summed E-state index contributed by atoms with van der Waals surface area (Å²) in [7, 11) is 0. The van der Waals surface area contributed by atoms with Crippen LogP contribution in [0.4, 0.5) is 0 Å². The normalized spacial score (nSPS) is 25.8. The summed E-state index contributed by atoms with van der Waals surface area (Å²) >= 11 is 0. The van der Waals surface area contributed by atoms with Gasteiger partial charge in [0.05, 0.1) is 0 Å². The zero-order valence-corrected chi connectivity index (χ0v) is 12.1. The molecule has 0 aromatic heterocycles. The predicted octanol–water partition coefficient (Wildman–Crippen LogP) is 3.60. The smallest absolute Gasteiger partial charge is 0.00670 e. The second-order valence-corrected chi connectivity index (χ2v) is 6.66. The van der Waals surface area contributed by atoms with Crippen LogP contribution < -0.4 is 11.1 Å². The lowest BCUT2D eigenvalue weighted by atomic mass is 9.72. The van der Waals surface area contributed by atoms with E-state index in [1.165, 1.54) is 83.6 Å². The number of nitrogens with one attached hydrogen (secondary N) is 1. The Balaban J connectivity index is 1.69. The molecule has 0 aliphatic heterocycles. The Hall–Kier alpha value is -0.0800. The molecular weight excluding hydrogens is 220 g/mol. The third kappa shape index (κ3) is 4.24. The average molecular weight is 252 g/mol. The van der Waals surface area contributed by atoms with Gasteiger partial charge in [-0.1, -0.05) is 44.9 Å². The number of hydrogen-bond donors (Lipinski definition) is 2. The van der Waals surface area contributed by atoms with Gasteiger partial charge in [-0.15, -0.1) is 0 Å². The van der Waals surface area contributed by atoms with Crippen LogP contribution in [0.2, 0.25) is 0 Å². The van der Waals surface area contributed by atoms with Crippen LogP contribution in [0.3, 0.4) is 0 Å². The van der Waals surface area contributed by atoms with Crippen molar-refractivity contribution < 1.29 is 0 Å². The number of rotatable bonds is 5. The largest absolute Gasteiger partial charge is 0.330 e. The van der Waals surface area contributed by atoms with Gasteiger partial charge in [-0.05, 0) is 50.6 Å². The highest BCUT2D eigenvalue weighted by molar-refractivity contribution is 4.85. The molecule has 106 valence electrons. The quantitative estimate of drug-likeness (QED) is 0.734. The predicted molar refractivity (Wildman–Crippen MR) is 78.7 cm³/mol.